The van der Waals surface area contributed by atoms with Crippen LogP contribution in [0.3, 0.4) is 0 Å². The topological polar surface area (TPSA) is 54.9 Å². The molecule has 0 unspecified atom stereocenters. The van der Waals surface area contributed by atoms with E-state index in [2.05, 4.69) is 29.2 Å². The number of benzene rings is 2. The summed E-state index contributed by atoms with van der Waals surface area (Å²) in [4.78, 5) is 22.4. The fourth-order valence-electron chi connectivity index (χ4n) is 5.18. The van der Waals surface area contributed by atoms with Crippen molar-refractivity contribution in [3.8, 4) is 11.5 Å². The number of piperidine rings is 1. The largest absolute Gasteiger partial charge is 0.497 e. The highest BCUT2D eigenvalue weighted by Gasteiger charge is 2.32. The zero-order valence-corrected chi connectivity index (χ0v) is 20.1. The Balaban J connectivity index is 1.22. The van der Waals surface area contributed by atoms with E-state index in [0.717, 1.165) is 67.9 Å². The van der Waals surface area contributed by atoms with Crippen LogP contribution in [0, 0.1) is 0 Å². The molecule has 2 saturated heterocycles. The van der Waals surface area contributed by atoms with Crippen molar-refractivity contribution in [2.24, 2.45) is 0 Å². The molecule has 0 radical (unpaired) electrons. The number of likely N-dealkylation sites (tertiary alicyclic amines) is 2. The number of methoxy groups -OCH3 is 2. The summed E-state index contributed by atoms with van der Waals surface area (Å²) in [7, 11) is 3.38. The molecule has 2 aliphatic heterocycles. The van der Waals surface area contributed by atoms with Crippen molar-refractivity contribution in [2.45, 2.75) is 37.6 Å². The number of fused-ring (bicyclic) bond motifs is 1. The summed E-state index contributed by atoms with van der Waals surface area (Å²) in [6.07, 6.45) is 4.08. The molecule has 1 atom stereocenters. The van der Waals surface area contributed by atoms with Gasteiger partial charge in [0.25, 0.3) is 0 Å². The van der Waals surface area contributed by atoms with Gasteiger partial charge in [-0.2, -0.15) is 0 Å². The van der Waals surface area contributed by atoms with Crippen LogP contribution in [-0.2, 0) is 4.79 Å². The van der Waals surface area contributed by atoms with Crippen LogP contribution in [0.2, 0.25) is 0 Å². The Bertz CT molecular complexity index is 1090. The van der Waals surface area contributed by atoms with Gasteiger partial charge < -0.3 is 14.4 Å². The summed E-state index contributed by atoms with van der Waals surface area (Å²) >= 11 is 1.80. The molecule has 3 aromatic rings. The molecule has 0 N–H and O–H groups in total. The van der Waals surface area contributed by atoms with Gasteiger partial charge in [0.05, 0.1) is 36.0 Å². The van der Waals surface area contributed by atoms with E-state index in [-0.39, 0.29) is 11.9 Å². The Labute approximate surface area is 199 Å². The summed E-state index contributed by atoms with van der Waals surface area (Å²) in [6, 6.07) is 14.4. The van der Waals surface area contributed by atoms with E-state index in [1.165, 1.54) is 9.71 Å². The SMILES string of the molecule is COc1ccc(OC)c([C@@H]2CCCN2CC(=O)N2CCC(c3nc4ccccc4s3)CC2)c1. The molecule has 5 rings (SSSR count). The Morgan fingerprint density at radius 3 is 2.64 bits per heavy atom. The summed E-state index contributed by atoms with van der Waals surface area (Å²) in [5, 5.41) is 1.22. The number of ether oxygens (including phenoxy) is 2. The highest BCUT2D eigenvalue weighted by molar-refractivity contribution is 7.18. The third kappa shape index (κ3) is 4.57. The molecule has 0 spiro atoms. The van der Waals surface area contributed by atoms with Gasteiger partial charge in [-0.1, -0.05) is 12.1 Å². The molecular weight excluding hydrogens is 434 g/mol. The van der Waals surface area contributed by atoms with Gasteiger partial charge in [0, 0.05) is 30.6 Å². The van der Waals surface area contributed by atoms with Crippen molar-refractivity contribution in [3.63, 3.8) is 0 Å². The predicted octanol–water partition coefficient (Wildman–Crippen LogP) is 4.86. The third-order valence-corrected chi connectivity index (χ3v) is 8.20. The monoisotopic (exact) mass is 465 g/mol. The minimum absolute atomic E-state index is 0.180. The van der Waals surface area contributed by atoms with E-state index in [1.807, 2.05) is 23.1 Å². The van der Waals surface area contributed by atoms with Crippen LogP contribution >= 0.6 is 11.3 Å². The van der Waals surface area contributed by atoms with Gasteiger partial charge in [0.2, 0.25) is 5.91 Å². The lowest BCUT2D eigenvalue weighted by Gasteiger charge is -2.33. The average molecular weight is 466 g/mol. The second-order valence-corrected chi connectivity index (χ2v) is 9.97. The van der Waals surface area contributed by atoms with E-state index in [1.54, 1.807) is 25.6 Å². The summed E-state index contributed by atoms with van der Waals surface area (Å²) in [5.41, 5.74) is 2.20. The molecule has 6 nitrogen and oxygen atoms in total. The van der Waals surface area contributed by atoms with Crippen LogP contribution in [0.5, 0.6) is 11.5 Å². The van der Waals surface area contributed by atoms with Gasteiger partial charge in [0.1, 0.15) is 11.5 Å². The first-order valence-electron chi connectivity index (χ1n) is 11.8. The Hall–Kier alpha value is -2.64. The van der Waals surface area contributed by atoms with E-state index < -0.39 is 0 Å². The first-order valence-corrected chi connectivity index (χ1v) is 12.6. The van der Waals surface area contributed by atoms with E-state index in [4.69, 9.17) is 14.5 Å². The van der Waals surface area contributed by atoms with Crippen molar-refractivity contribution in [3.05, 3.63) is 53.0 Å². The first kappa shape index (κ1) is 22.2. The number of amides is 1. The number of carbonyl (C=O) groups is 1. The van der Waals surface area contributed by atoms with Crippen LogP contribution in [0.15, 0.2) is 42.5 Å². The van der Waals surface area contributed by atoms with Crippen LogP contribution in [-0.4, -0.2) is 61.1 Å². The van der Waals surface area contributed by atoms with Crippen molar-refractivity contribution < 1.29 is 14.3 Å². The van der Waals surface area contributed by atoms with Gasteiger partial charge >= 0.3 is 0 Å². The highest BCUT2D eigenvalue weighted by atomic mass is 32.1. The second kappa shape index (κ2) is 9.69. The van der Waals surface area contributed by atoms with Crippen LogP contribution in [0.1, 0.15) is 48.2 Å². The fourth-order valence-corrected chi connectivity index (χ4v) is 6.32. The van der Waals surface area contributed by atoms with Gasteiger partial charge in [-0.3, -0.25) is 9.69 Å². The molecule has 33 heavy (non-hydrogen) atoms. The summed E-state index contributed by atoms with van der Waals surface area (Å²) in [6.45, 7) is 3.00. The molecule has 2 aromatic carbocycles. The lowest BCUT2D eigenvalue weighted by Crippen LogP contribution is -2.43. The molecule has 0 saturated carbocycles. The lowest BCUT2D eigenvalue weighted by atomic mass is 9.97. The van der Waals surface area contributed by atoms with Gasteiger partial charge in [-0.05, 0) is 62.6 Å². The average Bonchev–Trinajstić information content (AvgIpc) is 3.50. The number of rotatable bonds is 6. The van der Waals surface area contributed by atoms with E-state index >= 15 is 0 Å². The second-order valence-electron chi connectivity index (χ2n) is 8.91. The van der Waals surface area contributed by atoms with Crippen LogP contribution < -0.4 is 9.47 Å². The van der Waals surface area contributed by atoms with Crippen molar-refractivity contribution in [1.82, 2.24) is 14.8 Å². The number of hydrogen-bond donors (Lipinski definition) is 0. The van der Waals surface area contributed by atoms with Gasteiger partial charge in [0.15, 0.2) is 0 Å². The molecule has 0 bridgehead atoms. The Morgan fingerprint density at radius 1 is 1.06 bits per heavy atom. The van der Waals surface area contributed by atoms with E-state index in [9.17, 15) is 4.79 Å². The van der Waals surface area contributed by atoms with Crippen molar-refractivity contribution >= 4 is 27.5 Å². The molecular formula is C26H31N3O3S. The predicted molar refractivity (Wildman–Crippen MR) is 131 cm³/mol. The Kier molecular flexibility index (Phi) is 6.51. The number of aromatic nitrogens is 1. The molecule has 0 aliphatic carbocycles. The number of carbonyl (C=O) groups excluding carboxylic acids is 1. The molecule has 3 heterocycles. The van der Waals surface area contributed by atoms with Crippen LogP contribution in [0.4, 0.5) is 0 Å². The number of para-hydroxylation sites is 1. The first-order chi connectivity index (χ1) is 16.2. The summed E-state index contributed by atoms with van der Waals surface area (Å²) in [5.74, 6) is 2.36. The van der Waals surface area contributed by atoms with Crippen molar-refractivity contribution in [2.75, 3.05) is 40.4 Å². The lowest BCUT2D eigenvalue weighted by molar-refractivity contribution is -0.133. The third-order valence-electron chi connectivity index (χ3n) is 7.01. The molecule has 1 amide bonds. The maximum atomic E-state index is 13.2. The normalized spacial score (nSPS) is 19.8. The molecule has 7 heteroatoms. The fraction of sp³-hybridized carbons (Fsp3) is 0.462. The molecule has 1 aromatic heterocycles. The minimum atomic E-state index is 0.180. The zero-order chi connectivity index (χ0) is 22.8. The van der Waals surface area contributed by atoms with Crippen molar-refractivity contribution in [1.29, 1.82) is 0 Å². The highest BCUT2D eigenvalue weighted by Crippen LogP contribution is 2.39. The zero-order valence-electron chi connectivity index (χ0n) is 19.3. The van der Waals surface area contributed by atoms with Gasteiger partial charge in [-0.25, -0.2) is 4.98 Å². The maximum Gasteiger partial charge on any atom is 0.236 e. The van der Waals surface area contributed by atoms with Crippen LogP contribution in [0.25, 0.3) is 10.2 Å². The summed E-state index contributed by atoms with van der Waals surface area (Å²) < 4.78 is 12.3. The standard InChI is InChI=1S/C26H31N3O3S/c1-31-19-9-10-23(32-2)20(16-19)22-7-5-13-29(22)17-25(30)28-14-11-18(12-15-28)26-27-21-6-3-4-8-24(21)33-26/h3-4,6,8-10,16,18,22H,5,7,11-15,17H2,1-2H3/t22-/m0/s1. The number of nitrogens with zero attached hydrogens (tertiary/aromatic N) is 3. The molecule has 174 valence electrons. The minimum Gasteiger partial charge on any atom is -0.497 e. The molecule has 2 fully saturated rings. The maximum absolute atomic E-state index is 13.2. The van der Waals surface area contributed by atoms with Gasteiger partial charge in [-0.15, -0.1) is 11.3 Å². The molecule has 2 aliphatic rings. The Morgan fingerprint density at radius 2 is 1.88 bits per heavy atom. The number of hydrogen-bond acceptors (Lipinski definition) is 6. The van der Waals surface area contributed by atoms with E-state index in [0.29, 0.717) is 12.5 Å². The quantitative estimate of drug-likeness (QED) is 0.521. The number of thiazole rings is 1. The smallest absolute Gasteiger partial charge is 0.236 e.